The van der Waals surface area contributed by atoms with Crippen molar-refractivity contribution in [2.45, 2.75) is 65.3 Å². The Hall–Kier alpha value is -0.153. The molecule has 2 nitrogen and oxygen atoms in total. The minimum Gasteiger partial charge on any atom is -0.407 e. The van der Waals surface area contributed by atoms with Crippen molar-refractivity contribution in [2.24, 2.45) is 0 Å². The van der Waals surface area contributed by atoms with Crippen LogP contribution in [0.1, 0.15) is 41.0 Å². The van der Waals surface area contributed by atoms with Gasteiger partial charge in [0.25, 0.3) is 0 Å². The third-order valence-electron chi connectivity index (χ3n) is 3.08. The Morgan fingerprint density at radius 1 is 1.36 bits per heavy atom. The largest absolute Gasteiger partial charge is 0.407 e. The van der Waals surface area contributed by atoms with Crippen LogP contribution in [0.15, 0.2) is 0 Å². The fourth-order valence-electron chi connectivity index (χ4n) is 0.972. The van der Waals surface area contributed by atoms with Gasteiger partial charge in [-0.25, -0.2) is 0 Å². The molecule has 0 aliphatic heterocycles. The van der Waals surface area contributed by atoms with Gasteiger partial charge in [-0.05, 0) is 25.1 Å². The number of rotatable bonds is 4. The van der Waals surface area contributed by atoms with E-state index in [4.69, 9.17) is 4.43 Å². The van der Waals surface area contributed by atoms with Gasteiger partial charge in [0.1, 0.15) is 6.10 Å². The molecule has 3 heteroatoms. The molecular weight excluding hydrogens is 192 g/mol. The second kappa shape index (κ2) is 4.58. The zero-order valence-electron chi connectivity index (χ0n) is 10.6. The van der Waals surface area contributed by atoms with Crippen LogP contribution < -0.4 is 0 Å². The van der Waals surface area contributed by atoms with Crippen molar-refractivity contribution in [2.75, 3.05) is 0 Å². The Kier molecular flexibility index (Phi) is 4.53. The van der Waals surface area contributed by atoms with Crippen LogP contribution in [0.3, 0.4) is 0 Å². The molecule has 0 saturated carbocycles. The van der Waals surface area contributed by atoms with E-state index in [1.165, 1.54) is 0 Å². The summed E-state index contributed by atoms with van der Waals surface area (Å²) in [6.07, 6.45) is 0.330. The minimum absolute atomic E-state index is 0.176. The van der Waals surface area contributed by atoms with Crippen LogP contribution in [0, 0.1) is 0 Å². The molecule has 0 unspecified atom stereocenters. The smallest absolute Gasteiger partial charge is 0.193 e. The van der Waals surface area contributed by atoms with Crippen molar-refractivity contribution < 1.29 is 9.22 Å². The third kappa shape index (κ3) is 3.54. The van der Waals surface area contributed by atoms with Crippen LogP contribution in [-0.4, -0.2) is 20.2 Å². The normalized spacial score (nSPS) is 15.4. The van der Waals surface area contributed by atoms with Crippen molar-refractivity contribution in [3.8, 4) is 0 Å². The fourth-order valence-corrected chi connectivity index (χ4v) is 2.34. The van der Waals surface area contributed by atoms with Crippen molar-refractivity contribution in [3.63, 3.8) is 0 Å². The van der Waals surface area contributed by atoms with E-state index in [9.17, 15) is 4.79 Å². The van der Waals surface area contributed by atoms with Gasteiger partial charge in [-0.2, -0.15) is 0 Å². The number of hydrogen-bond acceptors (Lipinski definition) is 2. The van der Waals surface area contributed by atoms with Crippen LogP contribution in [0.4, 0.5) is 0 Å². The third-order valence-corrected chi connectivity index (χ3v) is 7.63. The predicted octanol–water partition coefficient (Wildman–Crippen LogP) is 3.38. The molecular formula is C11H24O2Si. The van der Waals surface area contributed by atoms with Gasteiger partial charge in [0, 0.05) is 6.42 Å². The summed E-state index contributed by atoms with van der Waals surface area (Å²) >= 11 is 0. The summed E-state index contributed by atoms with van der Waals surface area (Å²) in [6, 6.07) is 0. The molecule has 0 amide bonds. The second-order valence-corrected chi connectivity index (χ2v) is 10.1. The Bertz CT molecular complexity index is 204. The van der Waals surface area contributed by atoms with E-state index in [0.717, 1.165) is 0 Å². The molecule has 0 aromatic rings. The lowest BCUT2D eigenvalue weighted by atomic mass is 10.2. The van der Waals surface area contributed by atoms with E-state index >= 15 is 0 Å². The van der Waals surface area contributed by atoms with E-state index in [-0.39, 0.29) is 16.9 Å². The first-order valence-electron chi connectivity index (χ1n) is 5.32. The van der Waals surface area contributed by atoms with Crippen LogP contribution in [0.5, 0.6) is 0 Å². The summed E-state index contributed by atoms with van der Waals surface area (Å²) in [5, 5.41) is 0.176. The SMILES string of the molecule is CCC(=O)[C@H](C)O[Si](C)(C)C(C)(C)C. The van der Waals surface area contributed by atoms with Crippen molar-refractivity contribution in [3.05, 3.63) is 0 Å². The van der Waals surface area contributed by atoms with Gasteiger partial charge in [0.15, 0.2) is 14.1 Å². The molecule has 0 aliphatic rings. The standard InChI is InChI=1S/C11H24O2Si/c1-8-10(12)9(2)13-14(6,7)11(3,4)5/h9H,8H2,1-7H3/t9-/m0/s1. The van der Waals surface area contributed by atoms with Gasteiger partial charge >= 0.3 is 0 Å². The maximum atomic E-state index is 11.4. The summed E-state index contributed by atoms with van der Waals surface area (Å²) in [7, 11) is -1.77. The lowest BCUT2D eigenvalue weighted by Crippen LogP contribution is -2.45. The molecule has 0 rings (SSSR count). The highest BCUT2D eigenvalue weighted by Crippen LogP contribution is 2.37. The van der Waals surface area contributed by atoms with Gasteiger partial charge in [-0.1, -0.05) is 27.7 Å². The van der Waals surface area contributed by atoms with Crippen LogP contribution in [-0.2, 0) is 9.22 Å². The lowest BCUT2D eigenvalue weighted by molar-refractivity contribution is -0.125. The summed E-state index contributed by atoms with van der Waals surface area (Å²) in [6.45, 7) is 14.6. The maximum Gasteiger partial charge on any atom is 0.193 e. The van der Waals surface area contributed by atoms with E-state index in [1.54, 1.807) is 0 Å². The van der Waals surface area contributed by atoms with Crippen LogP contribution in [0.25, 0.3) is 0 Å². The summed E-state index contributed by atoms with van der Waals surface area (Å²) < 4.78 is 5.94. The summed E-state index contributed by atoms with van der Waals surface area (Å²) in [5.41, 5.74) is 0. The van der Waals surface area contributed by atoms with Gasteiger partial charge in [-0.15, -0.1) is 0 Å². The van der Waals surface area contributed by atoms with Gasteiger partial charge < -0.3 is 4.43 Å². The summed E-state index contributed by atoms with van der Waals surface area (Å²) in [5.74, 6) is 0.204. The molecule has 0 aromatic heterocycles. The Balaban J connectivity index is 4.44. The van der Waals surface area contributed by atoms with Crippen LogP contribution in [0.2, 0.25) is 18.1 Å². The predicted molar refractivity (Wildman–Crippen MR) is 63.0 cm³/mol. The Labute approximate surface area is 89.2 Å². The van der Waals surface area contributed by atoms with E-state index < -0.39 is 8.32 Å². The first kappa shape index (κ1) is 13.8. The molecule has 0 heterocycles. The molecule has 0 aromatic carbocycles. The zero-order valence-corrected chi connectivity index (χ0v) is 11.6. The Morgan fingerprint density at radius 3 is 2.07 bits per heavy atom. The molecule has 1 atom stereocenters. The van der Waals surface area contributed by atoms with Crippen LogP contribution >= 0.6 is 0 Å². The second-order valence-electron chi connectivity index (χ2n) is 5.34. The molecule has 0 spiro atoms. The molecule has 0 N–H and O–H groups in total. The summed E-state index contributed by atoms with van der Waals surface area (Å²) in [4.78, 5) is 11.4. The average molecular weight is 216 g/mol. The van der Waals surface area contributed by atoms with E-state index in [1.807, 2.05) is 13.8 Å². The van der Waals surface area contributed by atoms with Gasteiger partial charge in [0.05, 0.1) is 0 Å². The van der Waals surface area contributed by atoms with E-state index in [2.05, 4.69) is 33.9 Å². The minimum atomic E-state index is -1.77. The quantitative estimate of drug-likeness (QED) is 0.673. The molecule has 0 bridgehead atoms. The van der Waals surface area contributed by atoms with E-state index in [0.29, 0.717) is 6.42 Å². The maximum absolute atomic E-state index is 11.4. The highest BCUT2D eigenvalue weighted by Gasteiger charge is 2.39. The van der Waals surface area contributed by atoms with Crippen molar-refractivity contribution in [1.29, 1.82) is 0 Å². The van der Waals surface area contributed by atoms with Gasteiger partial charge in [0.2, 0.25) is 0 Å². The average Bonchev–Trinajstić information content (AvgIpc) is 2.00. The molecule has 0 radical (unpaired) electrons. The molecule has 84 valence electrons. The number of Topliss-reactive ketones (excluding diaryl/α,β-unsaturated/α-hetero) is 1. The highest BCUT2D eigenvalue weighted by atomic mass is 28.4. The monoisotopic (exact) mass is 216 g/mol. The van der Waals surface area contributed by atoms with Gasteiger partial charge in [-0.3, -0.25) is 4.79 Å². The zero-order chi connectivity index (χ0) is 11.6. The first-order valence-corrected chi connectivity index (χ1v) is 8.23. The molecule has 0 saturated heterocycles. The molecule has 0 aliphatic carbocycles. The number of ketones is 1. The highest BCUT2D eigenvalue weighted by molar-refractivity contribution is 6.74. The first-order chi connectivity index (χ1) is 6.12. The lowest BCUT2D eigenvalue weighted by Gasteiger charge is -2.38. The number of carbonyl (C=O) groups excluding carboxylic acids is 1. The topological polar surface area (TPSA) is 26.3 Å². The molecule has 14 heavy (non-hydrogen) atoms. The number of carbonyl (C=O) groups is 1. The Morgan fingerprint density at radius 2 is 1.79 bits per heavy atom. The molecule has 0 fully saturated rings. The fraction of sp³-hybridized carbons (Fsp3) is 0.909. The van der Waals surface area contributed by atoms with Crippen molar-refractivity contribution >= 4 is 14.1 Å². The number of hydrogen-bond donors (Lipinski definition) is 0. The van der Waals surface area contributed by atoms with Crippen molar-refractivity contribution in [1.82, 2.24) is 0 Å².